The van der Waals surface area contributed by atoms with Crippen molar-refractivity contribution in [2.75, 3.05) is 18.8 Å². The summed E-state index contributed by atoms with van der Waals surface area (Å²) in [6.07, 6.45) is 7.11. The highest BCUT2D eigenvalue weighted by molar-refractivity contribution is 8.00. The second kappa shape index (κ2) is 7.16. The highest BCUT2D eigenvalue weighted by atomic mass is 32.2. The Kier molecular flexibility index (Phi) is 5.84. The first-order valence-electron chi connectivity index (χ1n) is 7.79. The van der Waals surface area contributed by atoms with Crippen molar-refractivity contribution in [3.63, 3.8) is 0 Å². The van der Waals surface area contributed by atoms with E-state index in [1.54, 1.807) is 0 Å². The van der Waals surface area contributed by atoms with Crippen molar-refractivity contribution < 1.29 is 0 Å². The first-order chi connectivity index (χ1) is 8.68. The Bertz CT molecular complexity index is 241. The molecule has 3 atom stereocenters. The number of rotatable bonds is 4. The zero-order valence-corrected chi connectivity index (χ0v) is 13.1. The predicted octanol–water partition coefficient (Wildman–Crippen LogP) is 3.12. The summed E-state index contributed by atoms with van der Waals surface area (Å²) in [5, 5.41) is 4.59. The summed E-state index contributed by atoms with van der Waals surface area (Å²) in [6, 6.07) is 2.21. The number of thioether (sulfide) groups is 1. The topological polar surface area (TPSA) is 15.3 Å². The molecule has 1 N–H and O–H groups in total. The minimum Gasteiger partial charge on any atom is -0.312 e. The third-order valence-electron chi connectivity index (χ3n) is 4.81. The largest absolute Gasteiger partial charge is 0.312 e. The van der Waals surface area contributed by atoms with Crippen LogP contribution in [-0.4, -0.2) is 47.1 Å². The smallest absolute Gasteiger partial charge is 0.0196 e. The van der Waals surface area contributed by atoms with Crippen LogP contribution >= 0.6 is 11.8 Å². The molecule has 106 valence electrons. The van der Waals surface area contributed by atoms with E-state index >= 15 is 0 Å². The molecular weight excluding hydrogens is 240 g/mol. The normalized spacial score (nSPS) is 33.5. The molecule has 0 aromatic rings. The van der Waals surface area contributed by atoms with Gasteiger partial charge in [-0.05, 0) is 26.7 Å². The van der Waals surface area contributed by atoms with Gasteiger partial charge in [-0.15, -0.1) is 0 Å². The van der Waals surface area contributed by atoms with Gasteiger partial charge in [0.25, 0.3) is 0 Å². The van der Waals surface area contributed by atoms with Gasteiger partial charge < -0.3 is 5.32 Å². The third-order valence-corrected chi connectivity index (χ3v) is 6.14. The van der Waals surface area contributed by atoms with E-state index in [-0.39, 0.29) is 0 Å². The second-order valence-electron chi connectivity index (χ2n) is 6.15. The van der Waals surface area contributed by atoms with Crippen LogP contribution in [0.5, 0.6) is 0 Å². The average molecular weight is 270 g/mol. The number of hydrogen-bond donors (Lipinski definition) is 1. The van der Waals surface area contributed by atoms with Crippen LogP contribution in [0.3, 0.4) is 0 Å². The van der Waals surface area contributed by atoms with E-state index in [4.69, 9.17) is 0 Å². The van der Waals surface area contributed by atoms with Crippen molar-refractivity contribution in [3.05, 3.63) is 0 Å². The molecule has 1 saturated heterocycles. The Morgan fingerprint density at radius 1 is 1.22 bits per heavy atom. The molecule has 3 heteroatoms. The molecule has 0 spiro atoms. The van der Waals surface area contributed by atoms with Gasteiger partial charge in [-0.2, -0.15) is 11.8 Å². The van der Waals surface area contributed by atoms with Crippen LogP contribution in [-0.2, 0) is 0 Å². The highest BCUT2D eigenvalue weighted by Gasteiger charge is 2.28. The lowest BCUT2D eigenvalue weighted by molar-refractivity contribution is 0.150. The van der Waals surface area contributed by atoms with Crippen molar-refractivity contribution in [3.8, 4) is 0 Å². The van der Waals surface area contributed by atoms with Gasteiger partial charge in [0.15, 0.2) is 0 Å². The van der Waals surface area contributed by atoms with E-state index in [2.05, 4.69) is 42.7 Å². The molecule has 1 aliphatic heterocycles. The van der Waals surface area contributed by atoms with E-state index < -0.39 is 0 Å². The van der Waals surface area contributed by atoms with Gasteiger partial charge in [-0.1, -0.05) is 26.2 Å². The zero-order chi connectivity index (χ0) is 13.0. The first-order valence-corrected chi connectivity index (χ1v) is 8.84. The first kappa shape index (κ1) is 14.7. The Morgan fingerprint density at radius 3 is 2.67 bits per heavy atom. The Balaban J connectivity index is 1.74. The quantitative estimate of drug-likeness (QED) is 0.845. The van der Waals surface area contributed by atoms with Crippen LogP contribution in [0.4, 0.5) is 0 Å². The molecule has 0 amide bonds. The summed E-state index contributed by atoms with van der Waals surface area (Å²) in [6.45, 7) is 9.61. The van der Waals surface area contributed by atoms with Crippen molar-refractivity contribution >= 4 is 11.8 Å². The molecular formula is C15H30N2S. The van der Waals surface area contributed by atoms with Gasteiger partial charge in [0.1, 0.15) is 0 Å². The number of nitrogens with zero attached hydrogens (tertiary/aromatic N) is 1. The molecule has 0 radical (unpaired) electrons. The van der Waals surface area contributed by atoms with E-state index in [0.29, 0.717) is 6.04 Å². The van der Waals surface area contributed by atoms with Gasteiger partial charge >= 0.3 is 0 Å². The summed E-state index contributed by atoms with van der Waals surface area (Å²) >= 11 is 2.13. The maximum atomic E-state index is 3.81. The molecule has 2 rings (SSSR count). The summed E-state index contributed by atoms with van der Waals surface area (Å²) in [5.74, 6) is 1.30. The molecule has 1 aliphatic carbocycles. The van der Waals surface area contributed by atoms with Crippen LogP contribution in [0.15, 0.2) is 0 Å². The monoisotopic (exact) mass is 270 g/mol. The standard InChI is InChI=1S/C15H30N2S/c1-12(11-16-15-7-5-4-6-8-15)17-9-10-18-14(3)13(17)2/h12-16H,4-11H2,1-3H3. The summed E-state index contributed by atoms with van der Waals surface area (Å²) in [7, 11) is 0. The van der Waals surface area contributed by atoms with Gasteiger partial charge in [-0.3, -0.25) is 4.90 Å². The molecule has 0 aromatic heterocycles. The maximum absolute atomic E-state index is 3.81. The lowest BCUT2D eigenvalue weighted by atomic mass is 9.95. The van der Waals surface area contributed by atoms with E-state index in [1.807, 2.05) is 0 Å². The predicted molar refractivity (Wildman–Crippen MR) is 82.4 cm³/mol. The van der Waals surface area contributed by atoms with Gasteiger partial charge in [0.2, 0.25) is 0 Å². The van der Waals surface area contributed by atoms with E-state index in [1.165, 1.54) is 50.9 Å². The molecule has 2 fully saturated rings. The van der Waals surface area contributed by atoms with Crippen LogP contribution in [0.1, 0.15) is 52.9 Å². The fraction of sp³-hybridized carbons (Fsp3) is 1.00. The van der Waals surface area contributed by atoms with Crippen LogP contribution < -0.4 is 5.32 Å². The molecule has 0 bridgehead atoms. The van der Waals surface area contributed by atoms with Crippen LogP contribution in [0.2, 0.25) is 0 Å². The molecule has 1 heterocycles. The summed E-state index contributed by atoms with van der Waals surface area (Å²) in [5.41, 5.74) is 0. The fourth-order valence-corrected chi connectivity index (χ4v) is 4.46. The zero-order valence-electron chi connectivity index (χ0n) is 12.3. The van der Waals surface area contributed by atoms with Crippen molar-refractivity contribution in [2.45, 2.75) is 76.3 Å². The van der Waals surface area contributed by atoms with E-state index in [0.717, 1.165) is 17.3 Å². The van der Waals surface area contributed by atoms with Crippen LogP contribution in [0, 0.1) is 0 Å². The molecule has 3 unspecified atom stereocenters. The molecule has 2 aliphatic rings. The van der Waals surface area contributed by atoms with Crippen molar-refractivity contribution in [1.82, 2.24) is 10.2 Å². The number of nitrogens with one attached hydrogen (secondary N) is 1. The average Bonchev–Trinajstić information content (AvgIpc) is 2.40. The Labute approximate surface area is 117 Å². The Morgan fingerprint density at radius 2 is 1.94 bits per heavy atom. The third kappa shape index (κ3) is 3.88. The summed E-state index contributed by atoms with van der Waals surface area (Å²) < 4.78 is 0. The van der Waals surface area contributed by atoms with Gasteiger partial charge in [-0.25, -0.2) is 0 Å². The fourth-order valence-electron chi connectivity index (χ4n) is 3.34. The van der Waals surface area contributed by atoms with Crippen LogP contribution in [0.25, 0.3) is 0 Å². The SMILES string of the molecule is CC1SCCN(C(C)CNC2CCCCC2)C1C. The highest BCUT2D eigenvalue weighted by Crippen LogP contribution is 2.25. The molecule has 2 nitrogen and oxygen atoms in total. The lowest BCUT2D eigenvalue weighted by Crippen LogP contribution is -2.53. The Hall–Kier alpha value is 0.270. The number of hydrogen-bond acceptors (Lipinski definition) is 3. The summed E-state index contributed by atoms with van der Waals surface area (Å²) in [4.78, 5) is 2.71. The second-order valence-corrected chi connectivity index (χ2v) is 7.63. The minimum absolute atomic E-state index is 0.685. The van der Waals surface area contributed by atoms with Gasteiger partial charge in [0, 0.05) is 42.2 Å². The van der Waals surface area contributed by atoms with Crippen molar-refractivity contribution in [1.29, 1.82) is 0 Å². The molecule has 18 heavy (non-hydrogen) atoms. The molecule has 1 saturated carbocycles. The molecule has 0 aromatic carbocycles. The minimum atomic E-state index is 0.685. The lowest BCUT2D eigenvalue weighted by Gasteiger charge is -2.42. The van der Waals surface area contributed by atoms with Gasteiger partial charge in [0.05, 0.1) is 0 Å². The van der Waals surface area contributed by atoms with Crippen molar-refractivity contribution in [2.24, 2.45) is 0 Å². The maximum Gasteiger partial charge on any atom is 0.0196 e. The van der Waals surface area contributed by atoms with E-state index in [9.17, 15) is 0 Å².